The van der Waals surface area contributed by atoms with Gasteiger partial charge in [0.15, 0.2) is 0 Å². The van der Waals surface area contributed by atoms with Crippen LogP contribution in [-0.2, 0) is 14.4 Å². The van der Waals surface area contributed by atoms with E-state index in [9.17, 15) is 14.4 Å². The van der Waals surface area contributed by atoms with Gasteiger partial charge in [0, 0.05) is 24.1 Å². The fourth-order valence-corrected chi connectivity index (χ4v) is 3.69. The highest BCUT2D eigenvalue weighted by atomic mass is 16.5. The Morgan fingerprint density at radius 3 is 2.51 bits per heavy atom. The van der Waals surface area contributed by atoms with Crippen LogP contribution in [0.15, 0.2) is 48.0 Å². The zero-order valence-electron chi connectivity index (χ0n) is 20.6. The molecule has 0 bridgehead atoms. The van der Waals surface area contributed by atoms with Crippen LogP contribution < -0.4 is 25.2 Å². The highest BCUT2D eigenvalue weighted by molar-refractivity contribution is 6.31. The van der Waals surface area contributed by atoms with E-state index in [1.807, 2.05) is 32.9 Å². The van der Waals surface area contributed by atoms with Crippen molar-refractivity contribution >= 4 is 29.5 Å². The summed E-state index contributed by atoms with van der Waals surface area (Å²) < 4.78 is 12.0. The molecular formula is C27H33N3O5. The van der Waals surface area contributed by atoms with E-state index in [4.69, 9.17) is 9.47 Å². The molecule has 0 aliphatic carbocycles. The number of ether oxygens (including phenoxy) is 2. The van der Waals surface area contributed by atoms with Crippen molar-refractivity contribution in [1.29, 1.82) is 0 Å². The molecule has 0 saturated carbocycles. The minimum absolute atomic E-state index is 0.0246. The van der Waals surface area contributed by atoms with Gasteiger partial charge in [0.05, 0.1) is 18.9 Å². The van der Waals surface area contributed by atoms with Gasteiger partial charge >= 0.3 is 0 Å². The molecule has 1 fully saturated rings. The topological polar surface area (TPSA) is 97.0 Å². The van der Waals surface area contributed by atoms with E-state index in [1.165, 1.54) is 5.01 Å². The molecule has 8 nitrogen and oxygen atoms in total. The summed E-state index contributed by atoms with van der Waals surface area (Å²) >= 11 is 0. The predicted molar refractivity (Wildman–Crippen MR) is 135 cm³/mol. The Balaban J connectivity index is 1.81. The molecule has 186 valence electrons. The number of anilines is 1. The van der Waals surface area contributed by atoms with E-state index in [-0.39, 0.29) is 11.5 Å². The number of amides is 3. The highest BCUT2D eigenvalue weighted by Gasteiger charge is 2.34. The lowest BCUT2D eigenvalue weighted by atomic mass is 10.0. The van der Waals surface area contributed by atoms with E-state index in [0.717, 1.165) is 12.0 Å². The zero-order valence-corrected chi connectivity index (χ0v) is 20.6. The van der Waals surface area contributed by atoms with Gasteiger partial charge in [0.2, 0.25) is 5.91 Å². The number of carbonyl (C=O) groups excluding carboxylic acids is 3. The lowest BCUT2D eigenvalue weighted by molar-refractivity contribution is -0.121. The summed E-state index contributed by atoms with van der Waals surface area (Å²) in [5.41, 5.74) is 4.63. The first-order valence-electron chi connectivity index (χ1n) is 12.0. The van der Waals surface area contributed by atoms with Gasteiger partial charge in [-0.2, -0.15) is 0 Å². The molecule has 0 unspecified atom stereocenters. The Morgan fingerprint density at radius 2 is 1.80 bits per heavy atom. The highest BCUT2D eigenvalue weighted by Crippen LogP contribution is 2.34. The van der Waals surface area contributed by atoms with Crippen LogP contribution >= 0.6 is 0 Å². The number of nitrogens with one attached hydrogen (secondary N) is 2. The van der Waals surface area contributed by atoms with Crippen LogP contribution in [0.2, 0.25) is 0 Å². The van der Waals surface area contributed by atoms with Crippen LogP contribution in [0.25, 0.3) is 6.08 Å². The molecule has 0 aromatic heterocycles. The molecule has 1 saturated heterocycles. The van der Waals surface area contributed by atoms with Gasteiger partial charge in [-0.25, -0.2) is 5.01 Å². The average molecular weight is 480 g/mol. The van der Waals surface area contributed by atoms with Gasteiger partial charge < -0.3 is 14.8 Å². The lowest BCUT2D eigenvalue weighted by Crippen LogP contribution is -2.35. The molecule has 3 amide bonds. The van der Waals surface area contributed by atoms with Gasteiger partial charge in [-0.1, -0.05) is 25.1 Å². The standard InChI is InChI=1S/C27H33N3O5/c1-4-16-34-23-15-14-20(25(19(23)3)35-17-10-9-13-24(31)28-5-2)18-22-26(32)29-30(27(22)33)21-11-7-6-8-12-21/h6-8,11-12,14-15,18H,4-5,9-10,13,16-17H2,1-3H3,(H,28,31)(H,29,32)/b22-18-. The molecule has 8 heteroatoms. The summed E-state index contributed by atoms with van der Waals surface area (Å²) in [4.78, 5) is 37.3. The second-order valence-corrected chi connectivity index (χ2v) is 8.19. The number of nitrogens with zero attached hydrogens (tertiary/aromatic N) is 1. The molecule has 0 atom stereocenters. The summed E-state index contributed by atoms with van der Waals surface area (Å²) in [6, 6.07) is 12.6. The van der Waals surface area contributed by atoms with Crippen LogP contribution in [0.1, 0.15) is 50.7 Å². The van der Waals surface area contributed by atoms with Crippen LogP contribution in [0.3, 0.4) is 0 Å². The van der Waals surface area contributed by atoms with Crippen molar-refractivity contribution in [1.82, 2.24) is 10.7 Å². The van der Waals surface area contributed by atoms with Crippen molar-refractivity contribution in [2.45, 2.75) is 46.5 Å². The van der Waals surface area contributed by atoms with Gasteiger partial charge in [-0.05, 0) is 63.5 Å². The first kappa shape index (κ1) is 25.8. The fraction of sp³-hybridized carbons (Fsp3) is 0.370. The van der Waals surface area contributed by atoms with Gasteiger partial charge in [0.1, 0.15) is 17.1 Å². The molecule has 3 rings (SSSR count). The second kappa shape index (κ2) is 12.6. The van der Waals surface area contributed by atoms with Gasteiger partial charge in [-0.15, -0.1) is 0 Å². The van der Waals surface area contributed by atoms with Crippen molar-refractivity contribution < 1.29 is 23.9 Å². The number of benzene rings is 2. The third-order valence-corrected chi connectivity index (χ3v) is 5.47. The summed E-state index contributed by atoms with van der Waals surface area (Å²) in [6.45, 7) is 7.39. The van der Waals surface area contributed by atoms with Crippen LogP contribution in [0.5, 0.6) is 11.5 Å². The van der Waals surface area contributed by atoms with E-state index < -0.39 is 11.8 Å². The number of carbonyl (C=O) groups is 3. The molecule has 0 radical (unpaired) electrons. The predicted octanol–water partition coefficient (Wildman–Crippen LogP) is 3.93. The Labute approximate surface area is 206 Å². The number of rotatable bonds is 12. The maximum absolute atomic E-state index is 13.0. The Hall–Kier alpha value is -3.81. The molecule has 1 aliphatic heterocycles. The van der Waals surface area contributed by atoms with Crippen molar-refractivity contribution in [2.75, 3.05) is 24.8 Å². The maximum atomic E-state index is 13.0. The smallest absolute Gasteiger partial charge is 0.282 e. The van der Waals surface area contributed by atoms with E-state index in [1.54, 1.807) is 36.4 Å². The van der Waals surface area contributed by atoms with Crippen LogP contribution in [-0.4, -0.2) is 37.5 Å². The van der Waals surface area contributed by atoms with Crippen molar-refractivity contribution in [3.05, 3.63) is 59.2 Å². The van der Waals surface area contributed by atoms with Crippen molar-refractivity contribution in [2.24, 2.45) is 0 Å². The minimum atomic E-state index is -0.476. The molecule has 0 spiro atoms. The average Bonchev–Trinajstić information content (AvgIpc) is 3.14. The molecular weight excluding hydrogens is 446 g/mol. The normalized spacial score (nSPS) is 14.3. The number of para-hydroxylation sites is 1. The quantitative estimate of drug-likeness (QED) is 0.273. The van der Waals surface area contributed by atoms with Gasteiger partial charge in [-0.3, -0.25) is 19.8 Å². The Kier molecular flexibility index (Phi) is 9.29. The number of hydrogen-bond donors (Lipinski definition) is 2. The number of hydrazine groups is 1. The summed E-state index contributed by atoms with van der Waals surface area (Å²) in [5, 5.41) is 4.02. The molecule has 2 aromatic carbocycles. The molecule has 1 aliphatic rings. The van der Waals surface area contributed by atoms with Crippen LogP contribution in [0, 0.1) is 6.92 Å². The monoisotopic (exact) mass is 479 g/mol. The van der Waals surface area contributed by atoms with Crippen molar-refractivity contribution in [3.8, 4) is 11.5 Å². The van der Waals surface area contributed by atoms with Crippen molar-refractivity contribution in [3.63, 3.8) is 0 Å². The van der Waals surface area contributed by atoms with E-state index in [0.29, 0.717) is 61.8 Å². The third kappa shape index (κ3) is 6.62. The van der Waals surface area contributed by atoms with Crippen LogP contribution in [0.4, 0.5) is 5.69 Å². The van der Waals surface area contributed by atoms with Gasteiger partial charge in [0.25, 0.3) is 11.8 Å². The molecule has 2 N–H and O–H groups in total. The third-order valence-electron chi connectivity index (χ3n) is 5.47. The first-order valence-corrected chi connectivity index (χ1v) is 12.0. The van der Waals surface area contributed by atoms with E-state index in [2.05, 4.69) is 10.7 Å². The van der Waals surface area contributed by atoms with E-state index >= 15 is 0 Å². The number of hydrogen-bond acceptors (Lipinski definition) is 5. The molecule has 2 aromatic rings. The first-order chi connectivity index (χ1) is 17.0. The maximum Gasteiger partial charge on any atom is 0.282 e. The SMILES string of the molecule is CCCOc1ccc(/C=C2/C(=O)NN(c3ccccc3)C2=O)c(OCCCCC(=O)NCC)c1C. The minimum Gasteiger partial charge on any atom is -0.493 e. The fourth-order valence-electron chi connectivity index (χ4n) is 3.69. The second-order valence-electron chi connectivity index (χ2n) is 8.19. The zero-order chi connectivity index (χ0) is 25.2. The summed E-state index contributed by atoms with van der Waals surface area (Å²) in [5.74, 6) is 0.369. The molecule has 1 heterocycles. The largest absolute Gasteiger partial charge is 0.493 e. The summed E-state index contributed by atoms with van der Waals surface area (Å²) in [7, 11) is 0. The number of unbranched alkanes of at least 4 members (excludes halogenated alkanes) is 1. The molecule has 35 heavy (non-hydrogen) atoms. The Bertz CT molecular complexity index is 1080. The lowest BCUT2D eigenvalue weighted by Gasteiger charge is -2.16. The Morgan fingerprint density at radius 1 is 1.03 bits per heavy atom. The summed E-state index contributed by atoms with van der Waals surface area (Å²) in [6.07, 6.45) is 4.25.